The van der Waals surface area contributed by atoms with Crippen molar-refractivity contribution in [1.29, 1.82) is 0 Å². The van der Waals surface area contributed by atoms with E-state index in [1.165, 1.54) is 64.3 Å². The fraction of sp³-hybridized carbons (Fsp3) is 1.00. The molecule has 102 valence electrons. The molecule has 1 fully saturated rings. The Morgan fingerprint density at radius 3 is 2.18 bits per heavy atom. The van der Waals surface area contributed by atoms with E-state index in [9.17, 15) is 0 Å². The van der Waals surface area contributed by atoms with Gasteiger partial charge in [0.15, 0.2) is 0 Å². The normalized spacial score (nSPS) is 19.9. The van der Waals surface area contributed by atoms with E-state index in [2.05, 4.69) is 24.2 Å². The van der Waals surface area contributed by atoms with Crippen molar-refractivity contribution in [3.8, 4) is 0 Å². The Balaban J connectivity index is 2.13. The summed E-state index contributed by atoms with van der Waals surface area (Å²) >= 11 is 0. The van der Waals surface area contributed by atoms with Gasteiger partial charge in [-0.05, 0) is 32.5 Å². The Morgan fingerprint density at radius 2 is 1.59 bits per heavy atom. The third kappa shape index (κ3) is 7.77. The predicted molar refractivity (Wildman–Crippen MR) is 76.2 cm³/mol. The summed E-state index contributed by atoms with van der Waals surface area (Å²) in [5.74, 6) is 0.997. The van der Waals surface area contributed by atoms with Crippen molar-refractivity contribution in [2.75, 3.05) is 26.8 Å². The van der Waals surface area contributed by atoms with E-state index in [1.54, 1.807) is 0 Å². The molecule has 0 aliphatic heterocycles. The monoisotopic (exact) mass is 240 g/mol. The van der Waals surface area contributed by atoms with Crippen molar-refractivity contribution >= 4 is 0 Å². The molecule has 0 atom stereocenters. The Morgan fingerprint density at radius 1 is 1.00 bits per heavy atom. The minimum Gasteiger partial charge on any atom is -0.305 e. The van der Waals surface area contributed by atoms with Crippen LogP contribution in [0.15, 0.2) is 0 Å². The second-order valence-corrected chi connectivity index (χ2v) is 5.69. The van der Waals surface area contributed by atoms with Crippen LogP contribution in [0.3, 0.4) is 0 Å². The van der Waals surface area contributed by atoms with Crippen LogP contribution in [0.25, 0.3) is 0 Å². The van der Waals surface area contributed by atoms with Crippen LogP contribution in [0.4, 0.5) is 0 Å². The van der Waals surface area contributed by atoms with Gasteiger partial charge >= 0.3 is 0 Å². The first-order chi connectivity index (χ1) is 8.33. The maximum absolute atomic E-state index is 3.39. The van der Waals surface area contributed by atoms with Crippen molar-refractivity contribution in [1.82, 2.24) is 10.2 Å². The zero-order valence-corrected chi connectivity index (χ0v) is 12.0. The molecule has 0 amide bonds. The molecular weight excluding hydrogens is 208 g/mol. The van der Waals surface area contributed by atoms with Gasteiger partial charge in [-0.3, -0.25) is 4.90 Å². The second-order valence-electron chi connectivity index (χ2n) is 5.69. The van der Waals surface area contributed by atoms with Crippen LogP contribution in [-0.2, 0) is 0 Å². The van der Waals surface area contributed by atoms with Crippen molar-refractivity contribution in [3.05, 3.63) is 0 Å². The van der Waals surface area contributed by atoms with Crippen molar-refractivity contribution < 1.29 is 0 Å². The van der Waals surface area contributed by atoms with Gasteiger partial charge in [0.2, 0.25) is 0 Å². The van der Waals surface area contributed by atoms with Crippen LogP contribution in [0.2, 0.25) is 0 Å². The highest BCUT2D eigenvalue weighted by molar-refractivity contribution is 4.65. The predicted octanol–water partition coefficient (Wildman–Crippen LogP) is 3.63. The number of hydrogen-bond acceptors (Lipinski definition) is 2. The van der Waals surface area contributed by atoms with E-state index >= 15 is 0 Å². The summed E-state index contributed by atoms with van der Waals surface area (Å²) in [5, 5.41) is 3.39. The first kappa shape index (κ1) is 15.0. The average molecular weight is 240 g/mol. The van der Waals surface area contributed by atoms with Gasteiger partial charge in [0.25, 0.3) is 0 Å². The summed E-state index contributed by atoms with van der Waals surface area (Å²) < 4.78 is 0. The second kappa shape index (κ2) is 9.90. The van der Waals surface area contributed by atoms with Gasteiger partial charge in [0.05, 0.1) is 0 Å². The maximum atomic E-state index is 3.39. The fourth-order valence-electron chi connectivity index (χ4n) is 2.79. The van der Waals surface area contributed by atoms with E-state index in [0.717, 1.165) is 19.1 Å². The summed E-state index contributed by atoms with van der Waals surface area (Å²) in [6.07, 6.45) is 13.2. The lowest BCUT2D eigenvalue weighted by Crippen LogP contribution is -2.32. The lowest BCUT2D eigenvalue weighted by atomic mass is 9.93. The third-order valence-electron chi connectivity index (χ3n) is 4.03. The highest BCUT2D eigenvalue weighted by Gasteiger charge is 2.11. The third-order valence-corrected chi connectivity index (χ3v) is 4.03. The molecule has 0 aromatic heterocycles. The van der Waals surface area contributed by atoms with Crippen LogP contribution < -0.4 is 5.32 Å². The van der Waals surface area contributed by atoms with Gasteiger partial charge in [0.1, 0.15) is 0 Å². The minimum absolute atomic E-state index is 0.997. The fourth-order valence-corrected chi connectivity index (χ4v) is 2.79. The SMILES string of the molecule is CCNCN(C)CCC1CCCCCCCC1. The highest BCUT2D eigenvalue weighted by atomic mass is 15.2. The van der Waals surface area contributed by atoms with Gasteiger partial charge < -0.3 is 5.32 Å². The Labute approximate surface area is 108 Å². The lowest BCUT2D eigenvalue weighted by Gasteiger charge is -2.21. The van der Waals surface area contributed by atoms with Gasteiger partial charge in [-0.2, -0.15) is 0 Å². The molecule has 1 aliphatic carbocycles. The molecule has 0 saturated heterocycles. The highest BCUT2D eigenvalue weighted by Crippen LogP contribution is 2.24. The molecule has 0 unspecified atom stereocenters. The number of nitrogens with zero attached hydrogens (tertiary/aromatic N) is 1. The molecule has 0 radical (unpaired) electrons. The Hall–Kier alpha value is -0.0800. The van der Waals surface area contributed by atoms with Crippen molar-refractivity contribution in [2.45, 2.75) is 64.7 Å². The molecule has 0 aromatic carbocycles. The number of rotatable bonds is 6. The molecule has 17 heavy (non-hydrogen) atoms. The van der Waals surface area contributed by atoms with Crippen molar-refractivity contribution in [2.24, 2.45) is 5.92 Å². The molecule has 0 spiro atoms. The topological polar surface area (TPSA) is 15.3 Å². The number of nitrogens with one attached hydrogen (secondary N) is 1. The van der Waals surface area contributed by atoms with Crippen molar-refractivity contribution in [3.63, 3.8) is 0 Å². The lowest BCUT2D eigenvalue weighted by molar-refractivity contribution is 0.268. The summed E-state index contributed by atoms with van der Waals surface area (Å²) in [5.41, 5.74) is 0. The molecule has 2 nitrogen and oxygen atoms in total. The maximum Gasteiger partial charge on any atom is 0.0477 e. The molecule has 2 heteroatoms. The summed E-state index contributed by atoms with van der Waals surface area (Å²) in [6.45, 7) is 5.56. The molecule has 1 saturated carbocycles. The van der Waals surface area contributed by atoms with Crippen LogP contribution in [0, 0.1) is 5.92 Å². The van der Waals surface area contributed by atoms with Crippen LogP contribution in [0.1, 0.15) is 64.7 Å². The molecule has 1 N–H and O–H groups in total. The first-order valence-electron chi connectivity index (χ1n) is 7.72. The standard InChI is InChI=1S/C15H32N2/c1-3-16-14-17(2)13-12-15-10-8-6-4-5-7-9-11-15/h15-16H,3-14H2,1-2H3. The minimum atomic E-state index is 0.997. The van der Waals surface area contributed by atoms with E-state index in [0.29, 0.717) is 0 Å². The molecular formula is C15H32N2. The summed E-state index contributed by atoms with van der Waals surface area (Å²) in [4.78, 5) is 2.43. The molecule has 1 rings (SSSR count). The quantitative estimate of drug-likeness (QED) is 0.713. The van der Waals surface area contributed by atoms with E-state index in [4.69, 9.17) is 0 Å². The molecule has 0 bridgehead atoms. The van der Waals surface area contributed by atoms with Crippen LogP contribution in [0.5, 0.6) is 0 Å². The van der Waals surface area contributed by atoms with Gasteiger partial charge in [-0.25, -0.2) is 0 Å². The largest absolute Gasteiger partial charge is 0.305 e. The van der Waals surface area contributed by atoms with Gasteiger partial charge in [-0.15, -0.1) is 0 Å². The van der Waals surface area contributed by atoms with E-state index in [-0.39, 0.29) is 0 Å². The summed E-state index contributed by atoms with van der Waals surface area (Å²) in [6, 6.07) is 0. The Bertz CT molecular complexity index is 160. The van der Waals surface area contributed by atoms with Crippen LogP contribution in [-0.4, -0.2) is 31.7 Å². The average Bonchev–Trinajstić information content (AvgIpc) is 2.47. The molecule has 0 aromatic rings. The van der Waals surface area contributed by atoms with Crippen LogP contribution >= 0.6 is 0 Å². The number of hydrogen-bond donors (Lipinski definition) is 1. The van der Waals surface area contributed by atoms with Gasteiger partial charge in [-0.1, -0.05) is 58.3 Å². The molecule has 1 aliphatic rings. The molecule has 0 heterocycles. The van der Waals surface area contributed by atoms with Gasteiger partial charge in [0, 0.05) is 6.67 Å². The zero-order chi connectivity index (χ0) is 12.3. The van der Waals surface area contributed by atoms with E-state index < -0.39 is 0 Å². The zero-order valence-electron chi connectivity index (χ0n) is 12.0. The Kier molecular flexibility index (Phi) is 8.72. The smallest absolute Gasteiger partial charge is 0.0477 e. The first-order valence-corrected chi connectivity index (χ1v) is 7.72. The summed E-state index contributed by atoms with van der Waals surface area (Å²) in [7, 11) is 2.23. The van der Waals surface area contributed by atoms with E-state index in [1.807, 2.05) is 0 Å².